The van der Waals surface area contributed by atoms with Crippen LogP contribution in [0.5, 0.6) is 5.88 Å². The standard InChI is InChI=1S/C10H12ClNO3/c1-6(3-10(13)14)7-4-9(15-2)12-5-8(7)11/h4-6H,3H2,1-2H3,(H,13,14). The fourth-order valence-electron chi connectivity index (χ4n) is 1.30. The Morgan fingerprint density at radius 1 is 1.73 bits per heavy atom. The number of halogens is 1. The normalized spacial score (nSPS) is 12.2. The number of aliphatic carboxylic acids is 1. The van der Waals surface area contributed by atoms with E-state index in [1.54, 1.807) is 13.0 Å². The Hall–Kier alpha value is -1.29. The SMILES string of the molecule is COc1cc(C(C)CC(=O)O)c(Cl)cn1. The Kier molecular flexibility index (Phi) is 3.91. The number of ether oxygens (including phenoxy) is 1. The Morgan fingerprint density at radius 2 is 2.40 bits per heavy atom. The van der Waals surface area contributed by atoms with Crippen LogP contribution in [0.15, 0.2) is 12.3 Å². The van der Waals surface area contributed by atoms with E-state index in [1.807, 2.05) is 0 Å². The lowest BCUT2D eigenvalue weighted by Crippen LogP contribution is -2.04. The number of methoxy groups -OCH3 is 1. The number of carbonyl (C=O) groups is 1. The molecule has 0 aliphatic heterocycles. The van der Waals surface area contributed by atoms with Gasteiger partial charge < -0.3 is 9.84 Å². The minimum atomic E-state index is -0.852. The lowest BCUT2D eigenvalue weighted by molar-refractivity contribution is -0.137. The third kappa shape index (κ3) is 3.09. The number of carboxylic acids is 1. The molecule has 0 radical (unpaired) electrons. The van der Waals surface area contributed by atoms with Gasteiger partial charge in [-0.2, -0.15) is 0 Å². The van der Waals surface area contributed by atoms with Gasteiger partial charge in [-0.1, -0.05) is 18.5 Å². The van der Waals surface area contributed by atoms with Crippen LogP contribution in [0.1, 0.15) is 24.8 Å². The topological polar surface area (TPSA) is 59.4 Å². The van der Waals surface area contributed by atoms with Crippen LogP contribution >= 0.6 is 11.6 Å². The highest BCUT2D eigenvalue weighted by atomic mass is 35.5. The maximum atomic E-state index is 10.6. The van der Waals surface area contributed by atoms with E-state index in [0.29, 0.717) is 10.9 Å². The van der Waals surface area contributed by atoms with Crippen molar-refractivity contribution in [3.8, 4) is 5.88 Å². The summed E-state index contributed by atoms with van der Waals surface area (Å²) in [4.78, 5) is 14.5. The first-order valence-corrected chi connectivity index (χ1v) is 4.83. The van der Waals surface area contributed by atoms with Gasteiger partial charge in [-0.25, -0.2) is 4.98 Å². The molecule has 1 atom stereocenters. The summed E-state index contributed by atoms with van der Waals surface area (Å²) in [5, 5.41) is 9.14. The summed E-state index contributed by atoms with van der Waals surface area (Å²) in [6.45, 7) is 1.80. The number of nitrogens with zero attached hydrogens (tertiary/aromatic N) is 1. The largest absolute Gasteiger partial charge is 0.481 e. The second-order valence-electron chi connectivity index (χ2n) is 3.25. The summed E-state index contributed by atoms with van der Waals surface area (Å²) >= 11 is 5.92. The molecule has 15 heavy (non-hydrogen) atoms. The Labute approximate surface area is 92.8 Å². The van der Waals surface area contributed by atoms with Crippen molar-refractivity contribution in [3.05, 3.63) is 22.8 Å². The second-order valence-corrected chi connectivity index (χ2v) is 3.65. The molecular formula is C10H12ClNO3. The van der Waals surface area contributed by atoms with Crippen LogP contribution in [0.25, 0.3) is 0 Å². The first-order chi connectivity index (χ1) is 7.04. The van der Waals surface area contributed by atoms with Gasteiger partial charge in [0.2, 0.25) is 5.88 Å². The second kappa shape index (κ2) is 4.98. The summed E-state index contributed by atoms with van der Waals surface area (Å²) in [6, 6.07) is 1.66. The fourth-order valence-corrected chi connectivity index (χ4v) is 1.58. The van der Waals surface area contributed by atoms with Gasteiger partial charge in [-0.3, -0.25) is 4.79 Å². The highest BCUT2D eigenvalue weighted by Crippen LogP contribution is 2.28. The highest BCUT2D eigenvalue weighted by Gasteiger charge is 2.14. The maximum Gasteiger partial charge on any atom is 0.303 e. The van der Waals surface area contributed by atoms with E-state index < -0.39 is 5.97 Å². The van der Waals surface area contributed by atoms with Gasteiger partial charge >= 0.3 is 5.97 Å². The van der Waals surface area contributed by atoms with Crippen molar-refractivity contribution in [2.75, 3.05) is 7.11 Å². The van der Waals surface area contributed by atoms with Crippen molar-refractivity contribution >= 4 is 17.6 Å². The van der Waals surface area contributed by atoms with Crippen molar-refractivity contribution in [3.63, 3.8) is 0 Å². The average molecular weight is 230 g/mol. The van der Waals surface area contributed by atoms with E-state index >= 15 is 0 Å². The summed E-state index contributed by atoms with van der Waals surface area (Å²) < 4.78 is 4.95. The van der Waals surface area contributed by atoms with Crippen molar-refractivity contribution in [2.24, 2.45) is 0 Å². The lowest BCUT2D eigenvalue weighted by Gasteiger charge is -2.11. The van der Waals surface area contributed by atoms with Gasteiger partial charge in [-0.15, -0.1) is 0 Å². The van der Waals surface area contributed by atoms with Crippen molar-refractivity contribution in [1.29, 1.82) is 0 Å². The zero-order valence-electron chi connectivity index (χ0n) is 8.53. The first kappa shape index (κ1) is 11.8. The number of hydrogen-bond donors (Lipinski definition) is 1. The van der Waals surface area contributed by atoms with Gasteiger partial charge in [0.15, 0.2) is 0 Å². The summed E-state index contributed by atoms with van der Waals surface area (Å²) in [6.07, 6.45) is 1.50. The molecule has 0 bridgehead atoms. The monoisotopic (exact) mass is 229 g/mol. The molecular weight excluding hydrogens is 218 g/mol. The van der Waals surface area contributed by atoms with Crippen LogP contribution in [-0.2, 0) is 4.79 Å². The van der Waals surface area contributed by atoms with Crippen LogP contribution in [0.3, 0.4) is 0 Å². The molecule has 0 aliphatic carbocycles. The summed E-state index contributed by atoms with van der Waals surface area (Å²) in [5.41, 5.74) is 0.742. The molecule has 0 amide bonds. The van der Waals surface area contributed by atoms with Gasteiger partial charge in [0.05, 0.1) is 18.6 Å². The van der Waals surface area contributed by atoms with Crippen LogP contribution in [-0.4, -0.2) is 23.2 Å². The van der Waals surface area contributed by atoms with Crippen LogP contribution < -0.4 is 4.74 Å². The number of rotatable bonds is 4. The predicted molar refractivity (Wildman–Crippen MR) is 56.5 cm³/mol. The first-order valence-electron chi connectivity index (χ1n) is 4.45. The van der Waals surface area contributed by atoms with Gasteiger partial charge in [0.1, 0.15) is 0 Å². The quantitative estimate of drug-likeness (QED) is 0.861. The zero-order valence-corrected chi connectivity index (χ0v) is 9.28. The number of pyridine rings is 1. The van der Waals surface area contributed by atoms with Crippen molar-refractivity contribution in [2.45, 2.75) is 19.3 Å². The molecule has 0 spiro atoms. The zero-order chi connectivity index (χ0) is 11.4. The van der Waals surface area contributed by atoms with Gasteiger partial charge in [0.25, 0.3) is 0 Å². The summed E-state index contributed by atoms with van der Waals surface area (Å²) in [5.74, 6) is -0.576. The molecule has 82 valence electrons. The number of hydrogen-bond acceptors (Lipinski definition) is 3. The average Bonchev–Trinajstić information content (AvgIpc) is 2.17. The number of carboxylic acid groups (broad SMARTS) is 1. The Balaban J connectivity index is 2.95. The van der Waals surface area contributed by atoms with E-state index in [-0.39, 0.29) is 12.3 Å². The molecule has 0 aromatic carbocycles. The molecule has 4 nitrogen and oxygen atoms in total. The molecule has 1 aromatic heterocycles. The maximum absolute atomic E-state index is 10.6. The smallest absolute Gasteiger partial charge is 0.303 e. The van der Waals surface area contributed by atoms with E-state index in [0.717, 1.165) is 5.56 Å². The molecule has 1 rings (SSSR count). The van der Waals surface area contributed by atoms with Crippen LogP contribution in [0.4, 0.5) is 0 Å². The van der Waals surface area contributed by atoms with E-state index in [9.17, 15) is 4.79 Å². The molecule has 0 saturated carbocycles. The molecule has 0 aliphatic rings. The Morgan fingerprint density at radius 3 is 2.93 bits per heavy atom. The van der Waals surface area contributed by atoms with E-state index in [4.69, 9.17) is 21.4 Å². The molecule has 1 N–H and O–H groups in total. The minimum Gasteiger partial charge on any atom is -0.481 e. The highest BCUT2D eigenvalue weighted by molar-refractivity contribution is 6.31. The predicted octanol–water partition coefficient (Wildman–Crippen LogP) is 2.32. The molecule has 5 heteroatoms. The van der Waals surface area contributed by atoms with Crippen LogP contribution in [0.2, 0.25) is 5.02 Å². The number of aromatic nitrogens is 1. The summed E-state index contributed by atoms with van der Waals surface area (Å²) in [7, 11) is 1.50. The molecule has 0 saturated heterocycles. The van der Waals surface area contributed by atoms with Crippen LogP contribution in [0, 0.1) is 0 Å². The van der Waals surface area contributed by atoms with Gasteiger partial charge in [0, 0.05) is 12.3 Å². The third-order valence-corrected chi connectivity index (χ3v) is 2.40. The third-order valence-electron chi connectivity index (χ3n) is 2.08. The minimum absolute atomic E-state index is 0.0346. The molecule has 1 unspecified atom stereocenters. The fraction of sp³-hybridized carbons (Fsp3) is 0.400. The van der Waals surface area contributed by atoms with Crippen molar-refractivity contribution in [1.82, 2.24) is 4.98 Å². The van der Waals surface area contributed by atoms with Gasteiger partial charge in [-0.05, 0) is 11.5 Å². The van der Waals surface area contributed by atoms with E-state index in [2.05, 4.69) is 4.98 Å². The Bertz CT molecular complexity index is 368. The molecule has 0 fully saturated rings. The lowest BCUT2D eigenvalue weighted by atomic mass is 9.99. The van der Waals surface area contributed by atoms with Crippen molar-refractivity contribution < 1.29 is 14.6 Å². The van der Waals surface area contributed by atoms with E-state index in [1.165, 1.54) is 13.3 Å². The molecule has 1 aromatic rings. The molecule has 1 heterocycles.